The van der Waals surface area contributed by atoms with Gasteiger partial charge in [0, 0.05) is 19.3 Å². The second kappa shape index (κ2) is 64.3. The summed E-state index contributed by atoms with van der Waals surface area (Å²) in [7, 11) is 0. The van der Waals surface area contributed by atoms with Gasteiger partial charge in [0.25, 0.3) is 0 Å². The van der Waals surface area contributed by atoms with E-state index in [9.17, 15) is 14.4 Å². The van der Waals surface area contributed by atoms with Crippen molar-refractivity contribution in [1.82, 2.24) is 0 Å². The number of hydrogen-bond donors (Lipinski definition) is 0. The van der Waals surface area contributed by atoms with Crippen LogP contribution in [0, 0.1) is 0 Å². The van der Waals surface area contributed by atoms with Crippen molar-refractivity contribution < 1.29 is 28.6 Å². The van der Waals surface area contributed by atoms with Gasteiger partial charge >= 0.3 is 17.9 Å². The highest BCUT2D eigenvalue weighted by Gasteiger charge is 2.19. The Kier molecular flexibility index (Phi) is 60.8. The van der Waals surface area contributed by atoms with Gasteiger partial charge in [0.05, 0.1) is 0 Å². The molecule has 0 aliphatic rings. The van der Waals surface area contributed by atoms with Gasteiger partial charge in [0.2, 0.25) is 0 Å². The molecule has 0 aromatic carbocycles. The van der Waals surface area contributed by atoms with E-state index in [4.69, 9.17) is 14.2 Å². The Bertz CT molecular complexity index is 1600. The predicted molar refractivity (Wildman–Crippen MR) is 334 cm³/mol. The van der Waals surface area contributed by atoms with Crippen LogP contribution >= 0.6 is 0 Å². The van der Waals surface area contributed by atoms with E-state index in [2.05, 4.69) is 142 Å². The second-order valence-corrected chi connectivity index (χ2v) is 20.9. The predicted octanol–water partition coefficient (Wildman–Crippen LogP) is 22.0. The van der Waals surface area contributed by atoms with Crippen LogP contribution in [-0.4, -0.2) is 37.2 Å². The van der Waals surface area contributed by atoms with E-state index >= 15 is 0 Å². The normalized spacial score (nSPS) is 12.9. The van der Waals surface area contributed by atoms with Crippen LogP contribution in [0.1, 0.15) is 290 Å². The molecule has 0 radical (unpaired) electrons. The molecule has 1 unspecified atom stereocenters. The molecule has 0 heterocycles. The molecule has 0 aliphatic carbocycles. The Morgan fingerprint density at radius 1 is 0.273 bits per heavy atom. The fourth-order valence-corrected chi connectivity index (χ4v) is 8.68. The van der Waals surface area contributed by atoms with Crippen LogP contribution in [0.2, 0.25) is 0 Å². The minimum Gasteiger partial charge on any atom is -0.462 e. The summed E-state index contributed by atoms with van der Waals surface area (Å²) in [6.45, 7) is 6.37. The molecule has 0 saturated carbocycles. The van der Waals surface area contributed by atoms with Crippen LogP contribution in [0.5, 0.6) is 0 Å². The van der Waals surface area contributed by atoms with E-state index in [0.29, 0.717) is 19.3 Å². The van der Waals surface area contributed by atoms with Crippen molar-refractivity contribution in [2.75, 3.05) is 13.2 Å². The van der Waals surface area contributed by atoms with Gasteiger partial charge in [0.15, 0.2) is 6.10 Å². The summed E-state index contributed by atoms with van der Waals surface area (Å²) in [4.78, 5) is 38.2. The molecule has 0 rings (SSSR count). The van der Waals surface area contributed by atoms with Gasteiger partial charge in [-0.3, -0.25) is 14.4 Å². The summed E-state index contributed by atoms with van der Waals surface area (Å²) in [5.74, 6) is -0.904. The van der Waals surface area contributed by atoms with E-state index in [1.165, 1.54) is 122 Å². The Hall–Kier alpha value is -4.19. The number of esters is 3. The maximum absolute atomic E-state index is 12.9. The fourth-order valence-electron chi connectivity index (χ4n) is 8.68. The first-order valence-corrected chi connectivity index (χ1v) is 32.0. The van der Waals surface area contributed by atoms with Crippen molar-refractivity contribution in [2.45, 2.75) is 297 Å². The van der Waals surface area contributed by atoms with Gasteiger partial charge < -0.3 is 14.2 Å². The number of unbranched alkanes of at least 4 members (excludes halogenated alkanes) is 26. The summed E-state index contributed by atoms with van der Waals surface area (Å²) in [6.07, 6.45) is 89.3. The van der Waals surface area contributed by atoms with Crippen molar-refractivity contribution in [3.8, 4) is 0 Å². The smallest absolute Gasteiger partial charge is 0.306 e. The van der Waals surface area contributed by atoms with E-state index in [1.54, 1.807) is 0 Å². The summed E-state index contributed by atoms with van der Waals surface area (Å²) >= 11 is 0. The van der Waals surface area contributed by atoms with Crippen LogP contribution in [0.15, 0.2) is 122 Å². The monoisotopic (exact) mass is 1070 g/mol. The summed E-state index contributed by atoms with van der Waals surface area (Å²) in [6, 6.07) is 0. The Labute approximate surface area is 475 Å². The Morgan fingerprint density at radius 2 is 0.506 bits per heavy atom. The van der Waals surface area contributed by atoms with Crippen molar-refractivity contribution >= 4 is 17.9 Å². The van der Waals surface area contributed by atoms with E-state index in [1.807, 2.05) is 0 Å². The van der Waals surface area contributed by atoms with Crippen molar-refractivity contribution in [3.05, 3.63) is 122 Å². The largest absolute Gasteiger partial charge is 0.462 e. The highest BCUT2D eigenvalue weighted by Crippen LogP contribution is 2.16. The lowest BCUT2D eigenvalue weighted by molar-refractivity contribution is -0.167. The number of allylic oxidation sites excluding steroid dienone is 20. The highest BCUT2D eigenvalue weighted by atomic mass is 16.6. The van der Waals surface area contributed by atoms with Gasteiger partial charge in [-0.15, -0.1) is 0 Å². The van der Waals surface area contributed by atoms with Crippen molar-refractivity contribution in [2.24, 2.45) is 0 Å². The molecule has 77 heavy (non-hydrogen) atoms. The maximum atomic E-state index is 12.9. The van der Waals surface area contributed by atoms with Crippen LogP contribution in [0.3, 0.4) is 0 Å². The molecule has 0 bridgehead atoms. The highest BCUT2D eigenvalue weighted by molar-refractivity contribution is 5.71. The first-order valence-electron chi connectivity index (χ1n) is 32.0. The Morgan fingerprint density at radius 3 is 0.805 bits per heavy atom. The SMILES string of the molecule is CC/C=C\C/C=C\C/C=C\C/C=C\C/C=C\C/C=C\CCCCCCCCCCCCCCC(=O)OCC(COC(=O)CCCCCCC/C=C\CCCC)OC(=O)CCCCCCCCC/C=C\C/C=C\C/C=C\CC. The molecule has 6 heteroatoms. The lowest BCUT2D eigenvalue weighted by Gasteiger charge is -2.18. The number of hydrogen-bond acceptors (Lipinski definition) is 6. The summed E-state index contributed by atoms with van der Waals surface area (Å²) < 4.78 is 16.9. The van der Waals surface area contributed by atoms with Gasteiger partial charge in [-0.25, -0.2) is 0 Å². The molecule has 0 amide bonds. The molecule has 0 aromatic heterocycles. The first kappa shape index (κ1) is 72.8. The molecule has 6 nitrogen and oxygen atoms in total. The molecule has 0 N–H and O–H groups in total. The molecular weight excluding hydrogens is 949 g/mol. The zero-order chi connectivity index (χ0) is 55.7. The molecule has 1 atom stereocenters. The quantitative estimate of drug-likeness (QED) is 0.0261. The van der Waals surface area contributed by atoms with E-state index in [-0.39, 0.29) is 31.1 Å². The molecule has 438 valence electrons. The zero-order valence-electron chi connectivity index (χ0n) is 50.2. The molecule has 0 aromatic rings. The zero-order valence-corrected chi connectivity index (χ0v) is 50.2. The first-order chi connectivity index (χ1) is 38.0. The minimum absolute atomic E-state index is 0.0866. The molecule has 0 fully saturated rings. The maximum Gasteiger partial charge on any atom is 0.306 e. The summed E-state index contributed by atoms with van der Waals surface area (Å²) in [5, 5.41) is 0. The molecule has 0 aliphatic heterocycles. The van der Waals surface area contributed by atoms with Crippen molar-refractivity contribution in [3.63, 3.8) is 0 Å². The van der Waals surface area contributed by atoms with Gasteiger partial charge in [-0.2, -0.15) is 0 Å². The third-order valence-corrected chi connectivity index (χ3v) is 13.4. The van der Waals surface area contributed by atoms with Crippen molar-refractivity contribution in [1.29, 1.82) is 0 Å². The van der Waals surface area contributed by atoms with Crippen LogP contribution in [0.25, 0.3) is 0 Å². The molecule has 0 spiro atoms. The summed E-state index contributed by atoms with van der Waals surface area (Å²) in [5.41, 5.74) is 0. The third-order valence-electron chi connectivity index (χ3n) is 13.4. The lowest BCUT2D eigenvalue weighted by Crippen LogP contribution is -2.30. The second-order valence-electron chi connectivity index (χ2n) is 20.9. The van der Waals surface area contributed by atoms with Gasteiger partial charge in [-0.05, 0) is 122 Å². The number of ether oxygens (including phenoxy) is 3. The van der Waals surface area contributed by atoms with Crippen LogP contribution in [0.4, 0.5) is 0 Å². The standard InChI is InChI=1S/C71H118O6/c1-4-7-10-13-16-19-22-24-26-28-29-30-31-32-33-34-35-36-37-38-39-40-41-43-44-46-49-52-55-58-61-64-70(73)76-67-68(66-75-69(72)63-60-57-54-51-48-21-18-15-12-9-6-3)77-71(74)65-62-59-56-53-50-47-45-42-27-25-23-20-17-14-11-8-5-2/h7-8,10-11,15-20,24-27,29-30,32-33,35-36,68H,4-6,9,12-14,21-23,28,31,34,37-67H2,1-3H3/b10-7-,11-8-,18-15-,19-16-,20-17-,26-24-,27-25-,30-29-,33-32-,36-35-. The van der Waals surface area contributed by atoms with Gasteiger partial charge in [-0.1, -0.05) is 271 Å². The average Bonchev–Trinajstić information content (AvgIpc) is 3.43. The number of carbonyl (C=O) groups excluding carboxylic acids is 3. The average molecular weight is 1070 g/mol. The molecule has 0 saturated heterocycles. The number of carbonyl (C=O) groups is 3. The topological polar surface area (TPSA) is 78.9 Å². The minimum atomic E-state index is -0.790. The van der Waals surface area contributed by atoms with Gasteiger partial charge in [0.1, 0.15) is 13.2 Å². The fraction of sp³-hybridized carbons (Fsp3) is 0.676. The van der Waals surface area contributed by atoms with Crippen LogP contribution in [-0.2, 0) is 28.6 Å². The number of rotatable bonds is 57. The van der Waals surface area contributed by atoms with Crippen LogP contribution < -0.4 is 0 Å². The Balaban J connectivity index is 4.23. The van der Waals surface area contributed by atoms with E-state index in [0.717, 1.165) is 128 Å². The van der Waals surface area contributed by atoms with E-state index < -0.39 is 6.10 Å². The molecular formula is C71H118O6. The lowest BCUT2D eigenvalue weighted by atomic mass is 10.0. The third kappa shape index (κ3) is 62.5.